The number of hydrogen-bond donors (Lipinski definition) is 1. The number of anilines is 1. The van der Waals surface area contributed by atoms with E-state index in [4.69, 9.17) is 0 Å². The number of benzene rings is 2. The first kappa shape index (κ1) is 20.5. The second kappa shape index (κ2) is 9.30. The molecule has 6 nitrogen and oxygen atoms in total. The first-order chi connectivity index (χ1) is 14.2. The largest absolute Gasteiger partial charge is 0.342 e. The maximum absolute atomic E-state index is 14.4. The van der Waals surface area contributed by atoms with Gasteiger partial charge in [-0.3, -0.25) is 9.36 Å². The molecule has 0 aliphatic carbocycles. The Morgan fingerprint density at radius 2 is 1.83 bits per heavy atom. The van der Waals surface area contributed by atoms with E-state index in [9.17, 15) is 14.4 Å². The number of nitriles is 1. The van der Waals surface area contributed by atoms with Gasteiger partial charge in [-0.1, -0.05) is 24.3 Å². The topological polar surface area (TPSA) is 87.9 Å². The van der Waals surface area contributed by atoms with Crippen molar-refractivity contribution in [3.05, 3.63) is 69.8 Å². The SMILES string of the molecule is CN.N#Cc1ccccc1Cn1c(N2CCCCC2)nc2cccc(F)c2c1=O. The third-order valence-electron chi connectivity index (χ3n) is 5.02. The number of fused-ring (bicyclic) bond motifs is 1. The molecule has 2 aromatic carbocycles. The Hall–Kier alpha value is -3.24. The van der Waals surface area contributed by atoms with Gasteiger partial charge in [0, 0.05) is 13.1 Å². The molecule has 0 spiro atoms. The maximum Gasteiger partial charge on any atom is 0.266 e. The third kappa shape index (κ3) is 4.13. The van der Waals surface area contributed by atoms with Gasteiger partial charge < -0.3 is 10.6 Å². The van der Waals surface area contributed by atoms with Gasteiger partial charge in [-0.05, 0) is 50.1 Å². The van der Waals surface area contributed by atoms with Gasteiger partial charge in [-0.15, -0.1) is 0 Å². The van der Waals surface area contributed by atoms with Gasteiger partial charge in [0.25, 0.3) is 5.56 Å². The van der Waals surface area contributed by atoms with Crippen molar-refractivity contribution in [3.63, 3.8) is 0 Å². The fourth-order valence-electron chi connectivity index (χ4n) is 3.63. The molecule has 0 saturated carbocycles. The second-order valence-corrected chi connectivity index (χ2v) is 6.75. The third-order valence-corrected chi connectivity index (χ3v) is 5.02. The number of hydrogen-bond acceptors (Lipinski definition) is 5. The Morgan fingerprint density at radius 3 is 2.55 bits per heavy atom. The summed E-state index contributed by atoms with van der Waals surface area (Å²) < 4.78 is 15.9. The van der Waals surface area contributed by atoms with Crippen LogP contribution < -0.4 is 16.2 Å². The Bertz CT molecular complexity index is 1100. The molecule has 0 amide bonds. The molecule has 150 valence electrons. The van der Waals surface area contributed by atoms with E-state index in [1.807, 2.05) is 12.1 Å². The lowest BCUT2D eigenvalue weighted by atomic mass is 10.1. The predicted molar refractivity (Wildman–Crippen MR) is 112 cm³/mol. The molecule has 1 saturated heterocycles. The molecule has 3 aromatic rings. The van der Waals surface area contributed by atoms with Crippen LogP contribution in [0, 0.1) is 17.1 Å². The number of nitrogens with zero attached hydrogens (tertiary/aromatic N) is 4. The zero-order valence-electron chi connectivity index (χ0n) is 16.4. The lowest BCUT2D eigenvalue weighted by Crippen LogP contribution is -2.37. The highest BCUT2D eigenvalue weighted by Gasteiger charge is 2.21. The van der Waals surface area contributed by atoms with Crippen LogP contribution in [0.5, 0.6) is 0 Å². The number of halogens is 1. The van der Waals surface area contributed by atoms with Crippen LogP contribution in [0.15, 0.2) is 47.3 Å². The van der Waals surface area contributed by atoms with Gasteiger partial charge in [0.2, 0.25) is 5.95 Å². The summed E-state index contributed by atoms with van der Waals surface area (Å²) in [5, 5.41) is 9.37. The zero-order chi connectivity index (χ0) is 20.8. The molecular weight excluding hydrogens is 369 g/mol. The van der Waals surface area contributed by atoms with Crippen LogP contribution in [0.2, 0.25) is 0 Å². The molecule has 1 aliphatic rings. The molecule has 1 aromatic heterocycles. The van der Waals surface area contributed by atoms with Crippen LogP contribution >= 0.6 is 0 Å². The highest BCUT2D eigenvalue weighted by atomic mass is 19.1. The molecule has 1 fully saturated rings. The van der Waals surface area contributed by atoms with E-state index >= 15 is 0 Å². The molecule has 7 heteroatoms. The first-order valence-corrected chi connectivity index (χ1v) is 9.69. The van der Waals surface area contributed by atoms with Crippen molar-refractivity contribution in [2.45, 2.75) is 25.8 Å². The van der Waals surface area contributed by atoms with Crippen molar-refractivity contribution >= 4 is 16.9 Å². The van der Waals surface area contributed by atoms with E-state index in [1.54, 1.807) is 24.3 Å². The van der Waals surface area contributed by atoms with Crippen molar-refractivity contribution in [2.24, 2.45) is 5.73 Å². The van der Waals surface area contributed by atoms with Crippen molar-refractivity contribution in [3.8, 4) is 6.07 Å². The molecule has 0 radical (unpaired) electrons. The first-order valence-electron chi connectivity index (χ1n) is 9.69. The second-order valence-electron chi connectivity index (χ2n) is 6.75. The lowest BCUT2D eigenvalue weighted by molar-refractivity contribution is 0.552. The van der Waals surface area contributed by atoms with E-state index in [0.717, 1.165) is 37.9 Å². The summed E-state index contributed by atoms with van der Waals surface area (Å²) in [7, 11) is 1.50. The van der Waals surface area contributed by atoms with Gasteiger partial charge in [0.1, 0.15) is 11.2 Å². The van der Waals surface area contributed by atoms with Gasteiger partial charge in [0.15, 0.2) is 0 Å². The average molecular weight is 393 g/mol. The van der Waals surface area contributed by atoms with Gasteiger partial charge in [-0.2, -0.15) is 5.26 Å². The quantitative estimate of drug-likeness (QED) is 0.739. The van der Waals surface area contributed by atoms with Gasteiger partial charge in [-0.25, -0.2) is 9.37 Å². The Balaban J connectivity index is 0.00000117. The summed E-state index contributed by atoms with van der Waals surface area (Å²) in [4.78, 5) is 19.9. The molecule has 4 rings (SSSR count). The highest BCUT2D eigenvalue weighted by Crippen LogP contribution is 2.22. The Morgan fingerprint density at radius 1 is 1.10 bits per heavy atom. The molecular formula is C22H24FN5O. The van der Waals surface area contributed by atoms with Gasteiger partial charge >= 0.3 is 0 Å². The van der Waals surface area contributed by atoms with Crippen LogP contribution in [-0.2, 0) is 6.54 Å². The van der Waals surface area contributed by atoms with E-state index in [0.29, 0.717) is 17.0 Å². The smallest absolute Gasteiger partial charge is 0.266 e. The van der Waals surface area contributed by atoms with E-state index in [-0.39, 0.29) is 11.9 Å². The standard InChI is InChI=1S/C21H19FN4O.CH5N/c22-17-9-6-10-18-19(17)20(27)26(14-16-8-3-2-7-15(16)13-23)21(24-18)25-11-4-1-5-12-25;1-2/h2-3,6-10H,1,4-5,11-12,14H2;2H2,1H3. The Labute approximate surface area is 169 Å². The Kier molecular flexibility index (Phi) is 6.57. The summed E-state index contributed by atoms with van der Waals surface area (Å²) in [5.74, 6) is -0.0249. The van der Waals surface area contributed by atoms with E-state index in [1.165, 1.54) is 17.7 Å². The minimum absolute atomic E-state index is 0.00676. The molecule has 1 aliphatic heterocycles. The van der Waals surface area contributed by atoms with Crippen molar-refractivity contribution in [1.29, 1.82) is 5.26 Å². The summed E-state index contributed by atoms with van der Waals surface area (Å²) in [6.07, 6.45) is 3.22. The number of aromatic nitrogens is 2. The fourth-order valence-corrected chi connectivity index (χ4v) is 3.63. The minimum atomic E-state index is -0.572. The van der Waals surface area contributed by atoms with Crippen LogP contribution in [0.4, 0.5) is 10.3 Å². The zero-order valence-corrected chi connectivity index (χ0v) is 16.4. The molecule has 2 heterocycles. The highest BCUT2D eigenvalue weighted by molar-refractivity contribution is 5.79. The van der Waals surface area contributed by atoms with Crippen LogP contribution in [0.3, 0.4) is 0 Å². The molecule has 0 bridgehead atoms. The molecule has 0 atom stereocenters. The molecule has 2 N–H and O–H groups in total. The van der Waals surface area contributed by atoms with Gasteiger partial charge in [0.05, 0.1) is 23.7 Å². The summed E-state index contributed by atoms with van der Waals surface area (Å²) in [6, 6.07) is 13.8. The minimum Gasteiger partial charge on any atom is -0.342 e. The maximum atomic E-state index is 14.4. The summed E-state index contributed by atoms with van der Waals surface area (Å²) >= 11 is 0. The fraction of sp³-hybridized carbons (Fsp3) is 0.318. The predicted octanol–water partition coefficient (Wildman–Crippen LogP) is 3.02. The number of rotatable bonds is 3. The van der Waals surface area contributed by atoms with Crippen LogP contribution in [0.1, 0.15) is 30.4 Å². The van der Waals surface area contributed by atoms with Crippen molar-refractivity contribution in [2.75, 3.05) is 25.0 Å². The average Bonchev–Trinajstić information content (AvgIpc) is 2.77. The van der Waals surface area contributed by atoms with Crippen LogP contribution in [-0.4, -0.2) is 29.7 Å². The summed E-state index contributed by atoms with van der Waals surface area (Å²) in [6.45, 7) is 1.81. The molecule has 29 heavy (non-hydrogen) atoms. The monoisotopic (exact) mass is 393 g/mol. The summed E-state index contributed by atoms with van der Waals surface area (Å²) in [5.41, 5.74) is 5.68. The number of nitrogens with two attached hydrogens (primary N) is 1. The molecule has 0 unspecified atom stereocenters. The lowest BCUT2D eigenvalue weighted by Gasteiger charge is -2.30. The van der Waals surface area contributed by atoms with Crippen molar-refractivity contribution in [1.82, 2.24) is 9.55 Å². The van der Waals surface area contributed by atoms with Crippen molar-refractivity contribution < 1.29 is 4.39 Å². The van der Waals surface area contributed by atoms with E-state index < -0.39 is 11.4 Å². The van der Waals surface area contributed by atoms with E-state index in [2.05, 4.69) is 21.7 Å². The normalized spacial score (nSPS) is 13.5. The van der Waals surface area contributed by atoms with Crippen LogP contribution in [0.25, 0.3) is 10.9 Å². The number of piperidine rings is 1.